The maximum Gasteiger partial charge on any atom is 0.348 e. The third-order valence-corrected chi connectivity index (χ3v) is 6.68. The zero-order chi connectivity index (χ0) is 22.5. The van der Waals surface area contributed by atoms with E-state index in [1.165, 1.54) is 0 Å². The molecule has 0 atom stereocenters. The molecule has 0 N–H and O–H groups in total. The summed E-state index contributed by atoms with van der Waals surface area (Å²) in [6, 6.07) is 7.87. The lowest BCUT2D eigenvalue weighted by Crippen LogP contribution is -2.24. The van der Waals surface area contributed by atoms with Gasteiger partial charge in [0.15, 0.2) is 5.16 Å². The molecule has 0 radical (unpaired) electrons. The van der Waals surface area contributed by atoms with E-state index in [0.29, 0.717) is 32.4 Å². The van der Waals surface area contributed by atoms with Crippen molar-refractivity contribution < 1.29 is 19.1 Å². The maximum absolute atomic E-state index is 13.5. The summed E-state index contributed by atoms with van der Waals surface area (Å²) in [6.07, 6.45) is 0. The molecule has 164 valence electrons. The van der Waals surface area contributed by atoms with Crippen LogP contribution in [0, 0.1) is 13.8 Å². The number of thioether (sulfide) groups is 1. The number of ether oxygens (including phenoxy) is 2. The first-order chi connectivity index (χ1) is 14.8. The molecule has 0 aliphatic heterocycles. The predicted octanol–water partition coefficient (Wildman–Crippen LogP) is 3.96. The minimum absolute atomic E-state index is 0.0365. The molecule has 7 nitrogen and oxygen atoms in total. The van der Waals surface area contributed by atoms with Gasteiger partial charge in [-0.2, -0.15) is 0 Å². The number of fused-ring (bicyclic) bond motifs is 1. The van der Waals surface area contributed by atoms with E-state index >= 15 is 0 Å². The topological polar surface area (TPSA) is 87.5 Å². The molecule has 0 aliphatic carbocycles. The molecule has 2 aromatic heterocycles. The van der Waals surface area contributed by atoms with Crippen molar-refractivity contribution >= 4 is 45.3 Å². The molecule has 0 saturated carbocycles. The second kappa shape index (κ2) is 10.1. The largest absolute Gasteiger partial charge is 0.465 e. The Kier molecular flexibility index (Phi) is 7.50. The lowest BCUT2D eigenvalue weighted by Gasteiger charge is -2.12. The fourth-order valence-corrected chi connectivity index (χ4v) is 4.95. The lowest BCUT2D eigenvalue weighted by molar-refractivity contribution is -0.139. The van der Waals surface area contributed by atoms with Crippen molar-refractivity contribution in [2.24, 2.45) is 0 Å². The van der Waals surface area contributed by atoms with Crippen LogP contribution in [0.3, 0.4) is 0 Å². The van der Waals surface area contributed by atoms with Crippen LogP contribution in [-0.4, -0.2) is 40.5 Å². The molecule has 0 saturated heterocycles. The van der Waals surface area contributed by atoms with Gasteiger partial charge in [-0.1, -0.05) is 41.6 Å². The average molecular weight is 461 g/mol. The number of rotatable bonds is 8. The Morgan fingerprint density at radius 1 is 1.10 bits per heavy atom. The quantitative estimate of drug-likeness (QED) is 0.286. The highest BCUT2D eigenvalue weighted by Crippen LogP contribution is 2.30. The van der Waals surface area contributed by atoms with E-state index in [0.717, 1.165) is 34.2 Å². The van der Waals surface area contributed by atoms with Gasteiger partial charge in [0.2, 0.25) is 0 Å². The molecule has 2 heterocycles. The fraction of sp³-hybridized carbons (Fsp3) is 0.364. The van der Waals surface area contributed by atoms with Crippen LogP contribution in [0.15, 0.2) is 34.2 Å². The fourth-order valence-electron chi connectivity index (χ4n) is 3.04. The van der Waals surface area contributed by atoms with Crippen LogP contribution in [0.5, 0.6) is 0 Å². The summed E-state index contributed by atoms with van der Waals surface area (Å²) < 4.78 is 11.7. The van der Waals surface area contributed by atoms with Gasteiger partial charge in [-0.15, -0.1) is 11.3 Å². The smallest absolute Gasteiger partial charge is 0.348 e. The molecular formula is C22H24N2O5S2. The van der Waals surface area contributed by atoms with E-state index in [1.54, 1.807) is 25.3 Å². The summed E-state index contributed by atoms with van der Waals surface area (Å²) in [7, 11) is 0. The minimum atomic E-state index is -0.465. The molecule has 0 amide bonds. The molecule has 0 bridgehead atoms. The Morgan fingerprint density at radius 3 is 2.42 bits per heavy atom. The Morgan fingerprint density at radius 2 is 1.77 bits per heavy atom. The number of hydrogen-bond donors (Lipinski definition) is 0. The van der Waals surface area contributed by atoms with E-state index in [1.807, 2.05) is 31.2 Å². The van der Waals surface area contributed by atoms with Crippen molar-refractivity contribution in [2.45, 2.75) is 39.4 Å². The van der Waals surface area contributed by atoms with Crippen molar-refractivity contribution in [1.82, 2.24) is 9.55 Å². The summed E-state index contributed by atoms with van der Waals surface area (Å²) in [5.74, 6) is -0.805. The predicted molar refractivity (Wildman–Crippen MR) is 122 cm³/mol. The molecular weight excluding hydrogens is 436 g/mol. The molecule has 0 spiro atoms. The van der Waals surface area contributed by atoms with E-state index in [4.69, 9.17) is 9.47 Å². The minimum Gasteiger partial charge on any atom is -0.465 e. The SMILES string of the molecule is CCOC(=O)CSc1nc2sc(C(=O)OCC)c(C)c2c(=O)n1Cc1ccc(C)cc1. The van der Waals surface area contributed by atoms with Crippen LogP contribution in [0.1, 0.15) is 40.2 Å². The highest BCUT2D eigenvalue weighted by molar-refractivity contribution is 7.99. The number of aryl methyl sites for hydroxylation is 2. The van der Waals surface area contributed by atoms with Gasteiger partial charge in [0.1, 0.15) is 9.71 Å². The number of thiophene rings is 1. The molecule has 31 heavy (non-hydrogen) atoms. The van der Waals surface area contributed by atoms with Crippen LogP contribution < -0.4 is 5.56 Å². The summed E-state index contributed by atoms with van der Waals surface area (Å²) >= 11 is 2.28. The Labute approximate surface area is 188 Å². The highest BCUT2D eigenvalue weighted by atomic mass is 32.2. The first kappa shape index (κ1) is 23.0. The molecule has 3 rings (SSSR count). The highest BCUT2D eigenvalue weighted by Gasteiger charge is 2.23. The van der Waals surface area contributed by atoms with Gasteiger partial charge in [-0.3, -0.25) is 14.2 Å². The second-order valence-electron chi connectivity index (χ2n) is 6.82. The summed E-state index contributed by atoms with van der Waals surface area (Å²) in [5, 5.41) is 0.809. The lowest BCUT2D eigenvalue weighted by atomic mass is 10.1. The molecule has 0 aliphatic rings. The molecule has 1 aromatic carbocycles. The first-order valence-corrected chi connectivity index (χ1v) is 11.7. The zero-order valence-electron chi connectivity index (χ0n) is 17.9. The Bertz CT molecular complexity index is 1170. The molecule has 0 fully saturated rings. The van der Waals surface area contributed by atoms with E-state index in [-0.39, 0.29) is 30.5 Å². The van der Waals surface area contributed by atoms with Gasteiger partial charge in [-0.05, 0) is 38.8 Å². The average Bonchev–Trinajstić information content (AvgIpc) is 3.07. The number of hydrogen-bond acceptors (Lipinski definition) is 8. The Hall–Kier alpha value is -2.65. The normalized spacial score (nSPS) is 11.0. The maximum atomic E-state index is 13.5. The number of benzene rings is 1. The summed E-state index contributed by atoms with van der Waals surface area (Å²) in [6.45, 7) is 8.04. The van der Waals surface area contributed by atoms with Crippen molar-refractivity contribution in [2.75, 3.05) is 19.0 Å². The van der Waals surface area contributed by atoms with Crippen LogP contribution in [0.25, 0.3) is 10.2 Å². The van der Waals surface area contributed by atoms with Crippen molar-refractivity contribution in [3.63, 3.8) is 0 Å². The summed E-state index contributed by atoms with van der Waals surface area (Å²) in [4.78, 5) is 43.1. The van der Waals surface area contributed by atoms with Gasteiger partial charge in [0.25, 0.3) is 5.56 Å². The number of nitrogens with zero attached hydrogens (tertiary/aromatic N) is 2. The van der Waals surface area contributed by atoms with E-state index in [9.17, 15) is 14.4 Å². The monoisotopic (exact) mass is 460 g/mol. The van der Waals surface area contributed by atoms with Crippen LogP contribution in [-0.2, 0) is 20.8 Å². The number of carbonyl (C=O) groups is 2. The van der Waals surface area contributed by atoms with Crippen LogP contribution in [0.4, 0.5) is 0 Å². The van der Waals surface area contributed by atoms with Gasteiger partial charge in [0, 0.05) is 0 Å². The Balaban J connectivity index is 2.10. The van der Waals surface area contributed by atoms with E-state index < -0.39 is 5.97 Å². The van der Waals surface area contributed by atoms with Crippen molar-refractivity contribution in [1.29, 1.82) is 0 Å². The molecule has 9 heteroatoms. The molecule has 0 unspecified atom stereocenters. The second-order valence-corrected chi connectivity index (χ2v) is 8.76. The summed E-state index contributed by atoms with van der Waals surface area (Å²) in [5.41, 5.74) is 2.37. The van der Waals surface area contributed by atoms with Gasteiger partial charge in [0.05, 0.1) is 30.9 Å². The van der Waals surface area contributed by atoms with Gasteiger partial charge >= 0.3 is 11.9 Å². The standard InChI is InChI=1S/C22H24N2O5S2/c1-5-28-16(25)12-30-22-23-19-17(14(4)18(31-19)21(27)29-6-2)20(26)24(22)11-15-9-7-13(3)8-10-15/h7-10H,5-6,11-12H2,1-4H3. The van der Waals surface area contributed by atoms with Crippen molar-refractivity contribution in [3.05, 3.63) is 56.2 Å². The number of carbonyl (C=O) groups excluding carboxylic acids is 2. The number of esters is 2. The van der Waals surface area contributed by atoms with Crippen molar-refractivity contribution in [3.8, 4) is 0 Å². The third kappa shape index (κ3) is 5.16. The number of aromatic nitrogens is 2. The van der Waals surface area contributed by atoms with Gasteiger partial charge in [-0.25, -0.2) is 9.78 Å². The zero-order valence-corrected chi connectivity index (χ0v) is 19.5. The van der Waals surface area contributed by atoms with Crippen LogP contribution in [0.2, 0.25) is 0 Å². The molecule has 3 aromatic rings. The first-order valence-electron chi connectivity index (χ1n) is 9.90. The van der Waals surface area contributed by atoms with Crippen LogP contribution >= 0.6 is 23.1 Å². The van der Waals surface area contributed by atoms with E-state index in [2.05, 4.69) is 4.98 Å². The van der Waals surface area contributed by atoms with Gasteiger partial charge < -0.3 is 9.47 Å². The third-order valence-electron chi connectivity index (χ3n) is 4.56.